The molecule has 4 heterocycles. The maximum Gasteiger partial charge on any atom is 0.103 e. The molecule has 0 spiro atoms. The number of nitrogens with zero attached hydrogens (tertiary/aromatic N) is 5. The number of halogens is 1. The van der Waals surface area contributed by atoms with E-state index >= 15 is 0 Å². The summed E-state index contributed by atoms with van der Waals surface area (Å²) in [5.41, 5.74) is 3.50. The zero-order valence-electron chi connectivity index (χ0n) is 16.6. The van der Waals surface area contributed by atoms with Gasteiger partial charge in [-0.15, -0.1) is 0 Å². The van der Waals surface area contributed by atoms with Gasteiger partial charge in [-0.2, -0.15) is 10.2 Å². The smallest absolute Gasteiger partial charge is 0.103 e. The van der Waals surface area contributed by atoms with Gasteiger partial charge in [0.1, 0.15) is 5.69 Å². The maximum absolute atomic E-state index is 6.74. The normalized spacial score (nSPS) is 25.1. The molecule has 0 radical (unpaired) electrons. The first-order chi connectivity index (χ1) is 13.4. The Bertz CT molecular complexity index is 1020. The SMILES string of the molecule is CC1CN(C2(C)COC2)CCC1c1cc2c(cnn2-c2cnn(C)c2)cc1Cl. The maximum atomic E-state index is 6.74. The first-order valence-electron chi connectivity index (χ1n) is 9.94. The van der Waals surface area contributed by atoms with Crippen molar-refractivity contribution in [1.29, 1.82) is 0 Å². The first-order valence-corrected chi connectivity index (χ1v) is 10.3. The molecule has 2 aliphatic heterocycles. The van der Waals surface area contributed by atoms with Gasteiger partial charge in [0.15, 0.2) is 0 Å². The van der Waals surface area contributed by atoms with Crippen molar-refractivity contribution in [2.24, 2.45) is 13.0 Å². The van der Waals surface area contributed by atoms with E-state index < -0.39 is 0 Å². The van der Waals surface area contributed by atoms with Gasteiger partial charge < -0.3 is 4.74 Å². The zero-order chi connectivity index (χ0) is 19.5. The molecular weight excluding hydrogens is 374 g/mol. The molecule has 5 rings (SSSR count). The first kappa shape index (κ1) is 18.2. The standard InChI is InChI=1S/C21H26ClN5O/c1-14-10-26(21(2)12-28-13-21)5-4-17(14)18-7-20-15(6-19(18)22)8-24-27(20)16-9-23-25(3)11-16/h6-9,11,14,17H,4-5,10,12-13H2,1-3H3. The molecule has 28 heavy (non-hydrogen) atoms. The van der Waals surface area contributed by atoms with E-state index in [1.165, 1.54) is 5.56 Å². The highest BCUT2D eigenvalue weighted by molar-refractivity contribution is 6.32. The molecule has 2 aliphatic rings. The van der Waals surface area contributed by atoms with Crippen LogP contribution in [0.4, 0.5) is 0 Å². The number of piperidine rings is 1. The zero-order valence-corrected chi connectivity index (χ0v) is 17.4. The number of rotatable bonds is 3. The lowest BCUT2D eigenvalue weighted by molar-refractivity contribution is -0.141. The molecule has 6 nitrogen and oxygen atoms in total. The van der Waals surface area contributed by atoms with E-state index in [2.05, 4.69) is 41.1 Å². The molecule has 1 aromatic carbocycles. The summed E-state index contributed by atoms with van der Waals surface area (Å²) >= 11 is 6.74. The average Bonchev–Trinajstić information content (AvgIpc) is 3.24. The van der Waals surface area contributed by atoms with Crippen molar-refractivity contribution in [1.82, 2.24) is 24.5 Å². The van der Waals surface area contributed by atoms with Crippen molar-refractivity contribution >= 4 is 22.5 Å². The lowest BCUT2D eigenvalue weighted by atomic mass is 9.79. The van der Waals surface area contributed by atoms with E-state index in [4.69, 9.17) is 16.3 Å². The van der Waals surface area contributed by atoms with Crippen LogP contribution in [0.1, 0.15) is 31.7 Å². The highest BCUT2D eigenvalue weighted by atomic mass is 35.5. The third-order valence-corrected chi connectivity index (χ3v) is 6.84. The molecule has 2 aromatic heterocycles. The number of benzene rings is 1. The molecule has 0 saturated carbocycles. The fourth-order valence-corrected chi connectivity index (χ4v) is 5.06. The van der Waals surface area contributed by atoms with Crippen molar-refractivity contribution in [3.05, 3.63) is 41.3 Å². The second kappa shape index (κ2) is 6.58. The van der Waals surface area contributed by atoms with Gasteiger partial charge >= 0.3 is 0 Å². The van der Waals surface area contributed by atoms with Gasteiger partial charge in [0.2, 0.25) is 0 Å². The highest BCUT2D eigenvalue weighted by Gasteiger charge is 2.43. The van der Waals surface area contributed by atoms with Gasteiger partial charge in [0, 0.05) is 24.0 Å². The summed E-state index contributed by atoms with van der Waals surface area (Å²) in [7, 11) is 1.92. The molecule has 7 heteroatoms. The summed E-state index contributed by atoms with van der Waals surface area (Å²) in [6, 6.07) is 4.30. The minimum atomic E-state index is 0.214. The number of likely N-dealkylation sites (tertiary alicyclic amines) is 1. The number of ether oxygens (including phenoxy) is 1. The molecule has 148 valence electrons. The third-order valence-electron chi connectivity index (χ3n) is 6.52. The van der Waals surface area contributed by atoms with Gasteiger partial charge in [-0.25, -0.2) is 4.68 Å². The lowest BCUT2D eigenvalue weighted by Gasteiger charge is -2.51. The Morgan fingerprint density at radius 3 is 2.68 bits per heavy atom. The molecule has 0 N–H and O–H groups in total. The molecule has 0 bridgehead atoms. The molecule has 0 amide bonds. The summed E-state index contributed by atoms with van der Waals surface area (Å²) in [6.45, 7) is 8.53. The van der Waals surface area contributed by atoms with Crippen LogP contribution in [0.15, 0.2) is 30.7 Å². The largest absolute Gasteiger partial charge is 0.377 e. The van der Waals surface area contributed by atoms with Crippen LogP contribution >= 0.6 is 11.6 Å². The van der Waals surface area contributed by atoms with Crippen LogP contribution in [0, 0.1) is 5.92 Å². The van der Waals surface area contributed by atoms with Crippen molar-refractivity contribution in [3.63, 3.8) is 0 Å². The fraction of sp³-hybridized carbons (Fsp3) is 0.524. The number of aromatic nitrogens is 4. The molecule has 2 fully saturated rings. The Balaban J connectivity index is 1.48. The summed E-state index contributed by atoms with van der Waals surface area (Å²) in [6.07, 6.45) is 6.80. The van der Waals surface area contributed by atoms with E-state index in [9.17, 15) is 0 Å². The van der Waals surface area contributed by atoms with E-state index in [1.54, 1.807) is 4.68 Å². The highest BCUT2D eigenvalue weighted by Crippen LogP contribution is 2.41. The van der Waals surface area contributed by atoms with Gasteiger partial charge in [-0.1, -0.05) is 18.5 Å². The second-order valence-corrected chi connectivity index (χ2v) is 9.08. The van der Waals surface area contributed by atoms with Gasteiger partial charge in [-0.05, 0) is 49.4 Å². The van der Waals surface area contributed by atoms with Crippen molar-refractivity contribution in [3.8, 4) is 5.69 Å². The average molecular weight is 400 g/mol. The predicted molar refractivity (Wildman–Crippen MR) is 110 cm³/mol. The number of hydrogen-bond donors (Lipinski definition) is 0. The summed E-state index contributed by atoms with van der Waals surface area (Å²) < 4.78 is 9.22. The monoisotopic (exact) mass is 399 g/mol. The topological polar surface area (TPSA) is 48.1 Å². The van der Waals surface area contributed by atoms with Crippen LogP contribution in [0.25, 0.3) is 16.6 Å². The van der Waals surface area contributed by atoms with E-state index in [1.807, 2.05) is 30.3 Å². The Labute approximate surface area is 170 Å². The minimum Gasteiger partial charge on any atom is -0.377 e. The molecule has 2 unspecified atom stereocenters. The van der Waals surface area contributed by atoms with Crippen LogP contribution in [0.2, 0.25) is 5.02 Å². The van der Waals surface area contributed by atoms with Crippen LogP contribution < -0.4 is 0 Å². The van der Waals surface area contributed by atoms with Gasteiger partial charge in [-0.3, -0.25) is 9.58 Å². The second-order valence-electron chi connectivity index (χ2n) is 8.67. The van der Waals surface area contributed by atoms with Crippen LogP contribution in [0.5, 0.6) is 0 Å². The van der Waals surface area contributed by atoms with Crippen LogP contribution in [-0.2, 0) is 11.8 Å². The van der Waals surface area contributed by atoms with Crippen LogP contribution in [0.3, 0.4) is 0 Å². The van der Waals surface area contributed by atoms with Crippen LogP contribution in [-0.4, -0.2) is 56.3 Å². The number of hydrogen-bond acceptors (Lipinski definition) is 4. The lowest BCUT2D eigenvalue weighted by Crippen LogP contribution is -2.62. The minimum absolute atomic E-state index is 0.214. The van der Waals surface area contributed by atoms with Crippen molar-refractivity contribution < 1.29 is 4.74 Å². The Morgan fingerprint density at radius 2 is 2.04 bits per heavy atom. The van der Waals surface area contributed by atoms with Crippen molar-refractivity contribution in [2.75, 3.05) is 26.3 Å². The quantitative estimate of drug-likeness (QED) is 0.674. The van der Waals surface area contributed by atoms with Crippen molar-refractivity contribution in [2.45, 2.75) is 31.7 Å². The number of aryl methyl sites for hydroxylation is 1. The molecule has 2 atom stereocenters. The van der Waals surface area contributed by atoms with E-state index in [0.717, 1.165) is 54.3 Å². The molecular formula is C21H26ClN5O. The fourth-order valence-electron chi connectivity index (χ4n) is 4.75. The van der Waals surface area contributed by atoms with E-state index in [0.29, 0.717) is 11.8 Å². The van der Waals surface area contributed by atoms with E-state index in [-0.39, 0.29) is 5.54 Å². The van der Waals surface area contributed by atoms with Gasteiger partial charge in [0.25, 0.3) is 0 Å². The Kier molecular flexibility index (Phi) is 4.27. The van der Waals surface area contributed by atoms with Gasteiger partial charge in [0.05, 0.1) is 42.9 Å². The molecule has 2 saturated heterocycles. The number of fused-ring (bicyclic) bond motifs is 1. The molecule has 0 aliphatic carbocycles. The predicted octanol–water partition coefficient (Wildman–Crippen LogP) is 3.63. The Hall–Kier alpha value is -1.89. The molecule has 3 aromatic rings. The summed E-state index contributed by atoms with van der Waals surface area (Å²) in [5, 5.41) is 10.8. The summed E-state index contributed by atoms with van der Waals surface area (Å²) in [5.74, 6) is 0.992. The Morgan fingerprint density at radius 1 is 1.21 bits per heavy atom. The third kappa shape index (κ3) is 2.86. The summed E-state index contributed by atoms with van der Waals surface area (Å²) in [4.78, 5) is 2.60.